The van der Waals surface area contributed by atoms with Gasteiger partial charge in [-0.15, -0.1) is 0 Å². The van der Waals surface area contributed by atoms with E-state index in [2.05, 4.69) is 49.5 Å². The Morgan fingerprint density at radius 2 is 1.83 bits per heavy atom. The molecular formula is C16H17NO. The zero-order valence-corrected chi connectivity index (χ0v) is 10.7. The maximum absolute atomic E-state index is 6.08. The summed E-state index contributed by atoms with van der Waals surface area (Å²) in [5.41, 5.74) is 4.86. The summed E-state index contributed by atoms with van der Waals surface area (Å²) in [6.07, 6.45) is 0.0971. The van der Waals surface area contributed by atoms with E-state index in [0.717, 1.165) is 18.0 Å². The molecule has 0 radical (unpaired) electrons. The third-order valence-electron chi connectivity index (χ3n) is 3.42. The molecule has 1 N–H and O–H groups in total. The molecule has 2 aromatic carbocycles. The molecule has 92 valence electrons. The summed E-state index contributed by atoms with van der Waals surface area (Å²) in [5.74, 6) is 0.951. The molecule has 0 aliphatic carbocycles. The predicted octanol–water partition coefficient (Wildman–Crippen LogP) is 3.85. The van der Waals surface area contributed by atoms with Crippen molar-refractivity contribution < 1.29 is 4.74 Å². The van der Waals surface area contributed by atoms with Crippen molar-refractivity contribution in [2.75, 3.05) is 11.9 Å². The summed E-state index contributed by atoms with van der Waals surface area (Å²) in [7, 11) is 0. The second kappa shape index (κ2) is 4.37. The van der Waals surface area contributed by atoms with E-state index in [9.17, 15) is 0 Å². The molecule has 1 aliphatic heterocycles. The van der Waals surface area contributed by atoms with Crippen LogP contribution in [0.2, 0.25) is 0 Å². The van der Waals surface area contributed by atoms with Crippen molar-refractivity contribution in [3.05, 3.63) is 59.2 Å². The normalized spacial score (nSPS) is 17.6. The van der Waals surface area contributed by atoms with Crippen molar-refractivity contribution in [2.24, 2.45) is 0 Å². The zero-order valence-electron chi connectivity index (χ0n) is 10.7. The number of ether oxygens (including phenoxy) is 1. The number of benzene rings is 2. The molecule has 0 bridgehead atoms. The zero-order chi connectivity index (χ0) is 12.5. The molecular weight excluding hydrogens is 222 g/mol. The van der Waals surface area contributed by atoms with E-state index in [1.54, 1.807) is 0 Å². The van der Waals surface area contributed by atoms with E-state index in [4.69, 9.17) is 4.74 Å². The van der Waals surface area contributed by atoms with Crippen molar-refractivity contribution in [1.82, 2.24) is 0 Å². The average molecular weight is 239 g/mol. The Morgan fingerprint density at radius 1 is 1.06 bits per heavy atom. The van der Waals surface area contributed by atoms with E-state index < -0.39 is 0 Å². The lowest BCUT2D eigenvalue weighted by molar-refractivity contribution is 0.210. The lowest BCUT2D eigenvalue weighted by atomic mass is 10.0. The van der Waals surface area contributed by atoms with Crippen LogP contribution < -0.4 is 10.1 Å². The van der Waals surface area contributed by atoms with Gasteiger partial charge in [0.05, 0.1) is 12.2 Å². The van der Waals surface area contributed by atoms with E-state index in [0.29, 0.717) is 0 Å². The third kappa shape index (κ3) is 1.94. The van der Waals surface area contributed by atoms with Gasteiger partial charge in [0.15, 0.2) is 0 Å². The van der Waals surface area contributed by atoms with Gasteiger partial charge in [0.1, 0.15) is 11.9 Å². The minimum atomic E-state index is 0.0971. The van der Waals surface area contributed by atoms with Crippen molar-refractivity contribution in [3.8, 4) is 5.75 Å². The first-order chi connectivity index (χ1) is 8.74. The van der Waals surface area contributed by atoms with Crippen LogP contribution in [0, 0.1) is 13.8 Å². The molecule has 0 saturated carbocycles. The highest BCUT2D eigenvalue weighted by atomic mass is 16.5. The highest BCUT2D eigenvalue weighted by molar-refractivity contribution is 5.63. The number of anilines is 1. The number of aryl methyl sites for hydroxylation is 2. The fraction of sp³-hybridized carbons (Fsp3) is 0.250. The Hall–Kier alpha value is -1.96. The Kier molecular flexibility index (Phi) is 2.71. The monoisotopic (exact) mass is 239 g/mol. The number of hydrogen-bond acceptors (Lipinski definition) is 2. The van der Waals surface area contributed by atoms with Gasteiger partial charge in [-0.25, -0.2) is 0 Å². The van der Waals surface area contributed by atoms with Crippen LogP contribution in [0.15, 0.2) is 42.5 Å². The Morgan fingerprint density at radius 3 is 2.61 bits per heavy atom. The van der Waals surface area contributed by atoms with E-state index in [1.807, 2.05) is 12.1 Å². The Labute approximate surface area is 108 Å². The van der Waals surface area contributed by atoms with Crippen LogP contribution in [0.1, 0.15) is 22.8 Å². The summed E-state index contributed by atoms with van der Waals surface area (Å²) in [4.78, 5) is 0. The Balaban J connectivity index is 1.89. The lowest BCUT2D eigenvalue weighted by Gasteiger charge is -2.28. The van der Waals surface area contributed by atoms with Gasteiger partial charge in [-0.05, 0) is 31.0 Å². The van der Waals surface area contributed by atoms with Gasteiger partial charge in [0.25, 0.3) is 0 Å². The topological polar surface area (TPSA) is 21.3 Å². The molecule has 1 aliphatic rings. The van der Waals surface area contributed by atoms with Gasteiger partial charge >= 0.3 is 0 Å². The fourth-order valence-corrected chi connectivity index (χ4v) is 2.32. The van der Waals surface area contributed by atoms with Crippen molar-refractivity contribution in [3.63, 3.8) is 0 Å². The lowest BCUT2D eigenvalue weighted by Crippen LogP contribution is -2.24. The third-order valence-corrected chi connectivity index (χ3v) is 3.42. The maximum Gasteiger partial charge on any atom is 0.143 e. The molecule has 1 heterocycles. The van der Waals surface area contributed by atoms with Crippen LogP contribution in [0.4, 0.5) is 5.69 Å². The molecule has 2 aromatic rings. The summed E-state index contributed by atoms with van der Waals surface area (Å²) in [6.45, 7) is 5.02. The number of fused-ring (bicyclic) bond motifs is 1. The van der Waals surface area contributed by atoms with E-state index in [1.165, 1.54) is 16.7 Å². The summed E-state index contributed by atoms with van der Waals surface area (Å²) in [6, 6.07) is 14.7. The smallest absolute Gasteiger partial charge is 0.143 e. The van der Waals surface area contributed by atoms with E-state index in [-0.39, 0.29) is 6.10 Å². The maximum atomic E-state index is 6.08. The van der Waals surface area contributed by atoms with Crippen LogP contribution >= 0.6 is 0 Å². The first-order valence-corrected chi connectivity index (χ1v) is 6.31. The number of hydrogen-bond donors (Lipinski definition) is 1. The largest absolute Gasteiger partial charge is 0.482 e. The molecule has 1 unspecified atom stereocenters. The van der Waals surface area contributed by atoms with Crippen molar-refractivity contribution >= 4 is 5.69 Å². The summed E-state index contributed by atoms with van der Waals surface area (Å²) < 4.78 is 6.08. The van der Waals surface area contributed by atoms with Crippen LogP contribution in [0.5, 0.6) is 5.75 Å². The highest BCUT2D eigenvalue weighted by Gasteiger charge is 2.21. The minimum Gasteiger partial charge on any atom is -0.482 e. The van der Waals surface area contributed by atoms with Gasteiger partial charge in [0.2, 0.25) is 0 Å². The second-order valence-electron chi connectivity index (χ2n) is 4.85. The highest BCUT2D eigenvalue weighted by Crippen LogP contribution is 2.36. The molecule has 0 saturated heterocycles. The summed E-state index contributed by atoms with van der Waals surface area (Å²) in [5, 5.41) is 3.47. The number of nitrogens with one attached hydrogen (secondary N) is 1. The molecule has 0 aromatic heterocycles. The van der Waals surface area contributed by atoms with Crippen molar-refractivity contribution in [2.45, 2.75) is 20.0 Å². The molecule has 3 rings (SSSR count). The molecule has 18 heavy (non-hydrogen) atoms. The first-order valence-electron chi connectivity index (χ1n) is 6.31. The van der Waals surface area contributed by atoms with Crippen LogP contribution in [-0.4, -0.2) is 6.54 Å². The number of rotatable bonds is 1. The summed E-state index contributed by atoms with van der Waals surface area (Å²) >= 11 is 0. The standard InChI is InChI=1S/C16H17NO/c1-11-6-8-13(9-7-11)15-10-17-16-12(2)4-3-5-14(16)18-15/h3-9,15,17H,10H2,1-2H3. The first kappa shape index (κ1) is 11.1. The average Bonchev–Trinajstić information content (AvgIpc) is 2.39. The molecule has 1 atom stereocenters. The Bertz CT molecular complexity index is 560. The van der Waals surface area contributed by atoms with Crippen LogP contribution in [0.3, 0.4) is 0 Å². The van der Waals surface area contributed by atoms with Crippen LogP contribution in [-0.2, 0) is 0 Å². The SMILES string of the molecule is Cc1ccc(C2CNc3c(C)cccc3O2)cc1. The van der Waals surface area contributed by atoms with Gasteiger partial charge in [0, 0.05) is 0 Å². The van der Waals surface area contributed by atoms with Gasteiger partial charge in [-0.3, -0.25) is 0 Å². The molecule has 0 spiro atoms. The van der Waals surface area contributed by atoms with Gasteiger partial charge < -0.3 is 10.1 Å². The van der Waals surface area contributed by atoms with Crippen LogP contribution in [0.25, 0.3) is 0 Å². The number of para-hydroxylation sites is 1. The van der Waals surface area contributed by atoms with Gasteiger partial charge in [-0.2, -0.15) is 0 Å². The molecule has 0 fully saturated rings. The minimum absolute atomic E-state index is 0.0971. The molecule has 0 amide bonds. The van der Waals surface area contributed by atoms with Gasteiger partial charge in [-0.1, -0.05) is 42.0 Å². The second-order valence-corrected chi connectivity index (χ2v) is 4.85. The van der Waals surface area contributed by atoms with Crippen molar-refractivity contribution in [1.29, 1.82) is 0 Å². The van der Waals surface area contributed by atoms with E-state index >= 15 is 0 Å². The quantitative estimate of drug-likeness (QED) is 0.816. The molecule has 2 heteroatoms. The molecule has 2 nitrogen and oxygen atoms in total. The fourth-order valence-electron chi connectivity index (χ4n) is 2.32. The predicted molar refractivity (Wildman–Crippen MR) is 74.2 cm³/mol.